The first-order valence-corrected chi connectivity index (χ1v) is 6.86. The summed E-state index contributed by atoms with van der Waals surface area (Å²) in [6, 6.07) is 3.38. The Morgan fingerprint density at radius 1 is 1.27 bits per heavy atom. The van der Waals surface area contributed by atoms with Crippen LogP contribution in [-0.2, 0) is 18.3 Å². The summed E-state index contributed by atoms with van der Waals surface area (Å²) in [6.45, 7) is 1.81. The minimum atomic E-state index is -0.926. The standard InChI is InChI=1S/C16H19NO5/c1-9-11(5-6-14(18)19)16(20)12-7-10(21-3)8-13(22-4)15(12)17(9)2/h7-8H,5-6H2,1-4H3,(H,18,19). The largest absolute Gasteiger partial charge is 0.497 e. The SMILES string of the molecule is COc1cc(OC)c2c(c1)c(=O)c(CCC(=O)O)c(C)n2C. The van der Waals surface area contributed by atoms with Gasteiger partial charge < -0.3 is 19.1 Å². The van der Waals surface area contributed by atoms with Gasteiger partial charge in [0.05, 0.1) is 25.1 Å². The number of hydrogen-bond donors (Lipinski definition) is 1. The van der Waals surface area contributed by atoms with Crippen molar-refractivity contribution in [2.45, 2.75) is 19.8 Å². The average Bonchev–Trinajstić information content (AvgIpc) is 2.51. The lowest BCUT2D eigenvalue weighted by atomic mass is 10.0. The maximum atomic E-state index is 12.7. The molecule has 1 aromatic heterocycles. The summed E-state index contributed by atoms with van der Waals surface area (Å²) >= 11 is 0. The zero-order valence-electron chi connectivity index (χ0n) is 13.1. The van der Waals surface area contributed by atoms with Gasteiger partial charge in [0.25, 0.3) is 0 Å². The number of carboxylic acid groups (broad SMARTS) is 1. The van der Waals surface area contributed by atoms with Gasteiger partial charge in [-0.2, -0.15) is 0 Å². The van der Waals surface area contributed by atoms with Gasteiger partial charge >= 0.3 is 5.97 Å². The molecule has 2 aromatic rings. The van der Waals surface area contributed by atoms with Crippen LogP contribution in [0.25, 0.3) is 10.9 Å². The minimum absolute atomic E-state index is 0.0807. The van der Waals surface area contributed by atoms with E-state index in [1.54, 1.807) is 12.1 Å². The summed E-state index contributed by atoms with van der Waals surface area (Å²) in [7, 11) is 4.88. The molecule has 0 fully saturated rings. The van der Waals surface area contributed by atoms with E-state index in [0.29, 0.717) is 28.0 Å². The molecule has 1 heterocycles. The monoisotopic (exact) mass is 305 g/mol. The van der Waals surface area contributed by atoms with Crippen LogP contribution >= 0.6 is 0 Å². The Kier molecular flexibility index (Phi) is 4.40. The zero-order chi connectivity index (χ0) is 16.4. The number of benzene rings is 1. The number of rotatable bonds is 5. The fraction of sp³-hybridized carbons (Fsp3) is 0.375. The molecule has 0 aliphatic carbocycles. The number of aliphatic carboxylic acids is 1. The number of pyridine rings is 1. The lowest BCUT2D eigenvalue weighted by Crippen LogP contribution is -2.19. The zero-order valence-corrected chi connectivity index (χ0v) is 13.1. The Hall–Kier alpha value is -2.50. The Labute approximate surface area is 127 Å². The lowest BCUT2D eigenvalue weighted by molar-refractivity contribution is -0.136. The summed E-state index contributed by atoms with van der Waals surface area (Å²) in [5.74, 6) is 0.140. The lowest BCUT2D eigenvalue weighted by Gasteiger charge is -2.17. The first kappa shape index (κ1) is 15.9. The predicted molar refractivity (Wildman–Crippen MR) is 83.0 cm³/mol. The van der Waals surface area contributed by atoms with Crippen LogP contribution < -0.4 is 14.9 Å². The second-order valence-electron chi connectivity index (χ2n) is 5.07. The van der Waals surface area contributed by atoms with Gasteiger partial charge in [0.15, 0.2) is 5.43 Å². The number of aromatic nitrogens is 1. The second kappa shape index (κ2) is 6.09. The van der Waals surface area contributed by atoms with Crippen molar-refractivity contribution in [2.75, 3.05) is 14.2 Å². The van der Waals surface area contributed by atoms with E-state index in [4.69, 9.17) is 14.6 Å². The van der Waals surface area contributed by atoms with Gasteiger partial charge in [-0.25, -0.2) is 0 Å². The molecule has 0 atom stereocenters. The third-order valence-corrected chi connectivity index (χ3v) is 3.89. The Morgan fingerprint density at radius 3 is 2.50 bits per heavy atom. The predicted octanol–water partition coefficient (Wildman–Crippen LogP) is 1.88. The number of ether oxygens (including phenoxy) is 2. The van der Waals surface area contributed by atoms with E-state index in [1.807, 2.05) is 18.5 Å². The van der Waals surface area contributed by atoms with Gasteiger partial charge in [0.2, 0.25) is 0 Å². The topological polar surface area (TPSA) is 77.8 Å². The molecule has 0 spiro atoms. The van der Waals surface area contributed by atoms with Crippen LogP contribution in [0, 0.1) is 6.92 Å². The molecule has 0 amide bonds. The third kappa shape index (κ3) is 2.64. The number of aryl methyl sites for hydroxylation is 1. The van der Waals surface area contributed by atoms with Crippen molar-refractivity contribution in [1.82, 2.24) is 4.57 Å². The van der Waals surface area contributed by atoms with E-state index in [-0.39, 0.29) is 18.3 Å². The number of methoxy groups -OCH3 is 2. The fourth-order valence-electron chi connectivity index (χ4n) is 2.60. The number of fused-ring (bicyclic) bond motifs is 1. The van der Waals surface area contributed by atoms with E-state index in [2.05, 4.69) is 0 Å². The average molecular weight is 305 g/mol. The van der Waals surface area contributed by atoms with E-state index in [9.17, 15) is 9.59 Å². The molecule has 2 rings (SSSR count). The van der Waals surface area contributed by atoms with Crippen LogP contribution in [-0.4, -0.2) is 29.9 Å². The summed E-state index contributed by atoms with van der Waals surface area (Å²) in [5.41, 5.74) is 1.74. The van der Waals surface area contributed by atoms with Crippen molar-refractivity contribution in [3.63, 3.8) is 0 Å². The Bertz CT molecular complexity index is 791. The van der Waals surface area contributed by atoms with Crippen molar-refractivity contribution in [3.8, 4) is 11.5 Å². The van der Waals surface area contributed by atoms with Crippen molar-refractivity contribution in [2.24, 2.45) is 7.05 Å². The number of carboxylic acids is 1. The first-order chi connectivity index (χ1) is 10.4. The van der Waals surface area contributed by atoms with Crippen LogP contribution in [0.5, 0.6) is 11.5 Å². The highest BCUT2D eigenvalue weighted by Gasteiger charge is 2.17. The van der Waals surface area contributed by atoms with Crippen LogP contribution in [0.4, 0.5) is 0 Å². The Morgan fingerprint density at radius 2 is 1.95 bits per heavy atom. The maximum absolute atomic E-state index is 12.7. The van der Waals surface area contributed by atoms with Gasteiger partial charge in [0.1, 0.15) is 11.5 Å². The molecule has 0 saturated heterocycles. The number of nitrogens with zero attached hydrogens (tertiary/aromatic N) is 1. The number of hydrogen-bond acceptors (Lipinski definition) is 4. The van der Waals surface area contributed by atoms with Gasteiger partial charge in [-0.15, -0.1) is 0 Å². The molecule has 22 heavy (non-hydrogen) atoms. The molecule has 6 heteroatoms. The van der Waals surface area contributed by atoms with Crippen LogP contribution in [0.2, 0.25) is 0 Å². The van der Waals surface area contributed by atoms with E-state index < -0.39 is 5.97 Å². The molecule has 0 radical (unpaired) electrons. The smallest absolute Gasteiger partial charge is 0.303 e. The highest BCUT2D eigenvalue weighted by molar-refractivity contribution is 5.87. The van der Waals surface area contributed by atoms with E-state index in [0.717, 1.165) is 5.69 Å². The molecule has 0 aliphatic rings. The van der Waals surface area contributed by atoms with Crippen molar-refractivity contribution in [1.29, 1.82) is 0 Å². The van der Waals surface area contributed by atoms with Crippen LogP contribution in [0.3, 0.4) is 0 Å². The molecule has 0 unspecified atom stereocenters. The van der Waals surface area contributed by atoms with Crippen LogP contribution in [0.1, 0.15) is 17.7 Å². The highest BCUT2D eigenvalue weighted by atomic mass is 16.5. The summed E-state index contributed by atoms with van der Waals surface area (Å²) in [4.78, 5) is 23.5. The van der Waals surface area contributed by atoms with Crippen molar-refractivity contribution in [3.05, 3.63) is 33.6 Å². The molecule has 1 N–H and O–H groups in total. The van der Waals surface area contributed by atoms with Crippen molar-refractivity contribution < 1.29 is 19.4 Å². The number of carbonyl (C=O) groups is 1. The minimum Gasteiger partial charge on any atom is -0.497 e. The summed E-state index contributed by atoms with van der Waals surface area (Å²) in [6.07, 6.45) is 0.117. The molecule has 6 nitrogen and oxygen atoms in total. The molecule has 118 valence electrons. The van der Waals surface area contributed by atoms with Crippen molar-refractivity contribution >= 4 is 16.9 Å². The second-order valence-corrected chi connectivity index (χ2v) is 5.07. The van der Waals surface area contributed by atoms with Gasteiger partial charge in [-0.05, 0) is 19.4 Å². The molecule has 0 aliphatic heterocycles. The molecular formula is C16H19NO5. The fourth-order valence-corrected chi connectivity index (χ4v) is 2.60. The normalized spacial score (nSPS) is 10.7. The molecule has 1 aromatic carbocycles. The highest BCUT2D eigenvalue weighted by Crippen LogP contribution is 2.30. The Balaban J connectivity index is 2.81. The summed E-state index contributed by atoms with van der Waals surface area (Å²) < 4.78 is 12.4. The van der Waals surface area contributed by atoms with Gasteiger partial charge in [-0.3, -0.25) is 9.59 Å². The molecule has 0 bridgehead atoms. The molecule has 0 saturated carbocycles. The quantitative estimate of drug-likeness (QED) is 0.912. The third-order valence-electron chi connectivity index (χ3n) is 3.89. The maximum Gasteiger partial charge on any atom is 0.303 e. The first-order valence-electron chi connectivity index (χ1n) is 6.86. The van der Waals surface area contributed by atoms with Gasteiger partial charge in [0, 0.05) is 30.8 Å². The van der Waals surface area contributed by atoms with Gasteiger partial charge in [-0.1, -0.05) is 0 Å². The van der Waals surface area contributed by atoms with Crippen LogP contribution in [0.15, 0.2) is 16.9 Å². The summed E-state index contributed by atoms with van der Waals surface area (Å²) in [5, 5.41) is 9.32. The van der Waals surface area contributed by atoms with E-state index >= 15 is 0 Å². The molecular weight excluding hydrogens is 286 g/mol. The van der Waals surface area contributed by atoms with E-state index in [1.165, 1.54) is 14.2 Å².